The molecule has 3 aromatic rings. The van der Waals surface area contributed by atoms with Gasteiger partial charge >= 0.3 is 0 Å². The molecule has 0 aliphatic carbocycles. The lowest BCUT2D eigenvalue weighted by atomic mass is 10.0. The van der Waals surface area contributed by atoms with Gasteiger partial charge in [0.2, 0.25) is 0 Å². The van der Waals surface area contributed by atoms with E-state index in [2.05, 4.69) is 15.9 Å². The molecule has 114 valence electrons. The van der Waals surface area contributed by atoms with Gasteiger partial charge in [0, 0.05) is 15.6 Å². The molecule has 0 heterocycles. The Labute approximate surface area is 143 Å². The average molecular weight is 367 g/mol. The fourth-order valence-electron chi connectivity index (χ4n) is 2.49. The average Bonchev–Trinajstić information content (AvgIpc) is 2.59. The number of ether oxygens (including phenoxy) is 1. The summed E-state index contributed by atoms with van der Waals surface area (Å²) >= 11 is 3.37. The van der Waals surface area contributed by atoms with E-state index in [1.165, 1.54) is 0 Å². The second-order valence-electron chi connectivity index (χ2n) is 5.11. The van der Waals surface area contributed by atoms with Crippen molar-refractivity contribution in [1.82, 2.24) is 0 Å². The minimum Gasteiger partial charge on any atom is -0.496 e. The first kappa shape index (κ1) is 15.5. The van der Waals surface area contributed by atoms with E-state index in [9.17, 15) is 4.79 Å². The SMILES string of the molecule is COc1ccc2ccccc2c1C=CC(=O)c1ccc(Br)cc1. The van der Waals surface area contributed by atoms with Crippen LogP contribution in [0.1, 0.15) is 15.9 Å². The maximum Gasteiger partial charge on any atom is 0.185 e. The number of allylic oxidation sites excluding steroid dienone is 1. The number of hydrogen-bond acceptors (Lipinski definition) is 2. The lowest BCUT2D eigenvalue weighted by Crippen LogP contribution is -1.94. The largest absolute Gasteiger partial charge is 0.496 e. The van der Waals surface area contributed by atoms with E-state index in [-0.39, 0.29) is 5.78 Å². The van der Waals surface area contributed by atoms with Gasteiger partial charge in [-0.2, -0.15) is 0 Å². The highest BCUT2D eigenvalue weighted by molar-refractivity contribution is 9.10. The smallest absolute Gasteiger partial charge is 0.185 e. The van der Waals surface area contributed by atoms with Crippen LogP contribution in [-0.4, -0.2) is 12.9 Å². The van der Waals surface area contributed by atoms with Gasteiger partial charge in [0.05, 0.1) is 7.11 Å². The Balaban J connectivity index is 2.00. The third-order valence-electron chi connectivity index (χ3n) is 3.68. The number of halogens is 1. The zero-order valence-electron chi connectivity index (χ0n) is 12.6. The van der Waals surface area contributed by atoms with E-state index < -0.39 is 0 Å². The molecule has 0 spiro atoms. The third-order valence-corrected chi connectivity index (χ3v) is 4.21. The molecule has 23 heavy (non-hydrogen) atoms. The molecular weight excluding hydrogens is 352 g/mol. The molecule has 3 heteroatoms. The van der Waals surface area contributed by atoms with E-state index in [0.717, 1.165) is 26.6 Å². The summed E-state index contributed by atoms with van der Waals surface area (Å²) in [5.74, 6) is 0.719. The molecule has 3 rings (SSSR count). The Bertz CT molecular complexity index is 880. The van der Waals surface area contributed by atoms with Crippen molar-refractivity contribution in [3.05, 3.63) is 82.3 Å². The van der Waals surface area contributed by atoms with Gasteiger partial charge in [-0.05, 0) is 53.3 Å². The van der Waals surface area contributed by atoms with E-state index >= 15 is 0 Å². The number of methoxy groups -OCH3 is 1. The van der Waals surface area contributed by atoms with Crippen molar-refractivity contribution in [2.24, 2.45) is 0 Å². The number of rotatable bonds is 4. The van der Waals surface area contributed by atoms with Crippen LogP contribution in [0.15, 0.2) is 71.2 Å². The molecule has 2 nitrogen and oxygen atoms in total. The predicted molar refractivity (Wildman–Crippen MR) is 98.0 cm³/mol. The maximum atomic E-state index is 12.3. The van der Waals surface area contributed by atoms with Crippen LogP contribution in [0.25, 0.3) is 16.8 Å². The van der Waals surface area contributed by atoms with Gasteiger partial charge in [-0.3, -0.25) is 4.79 Å². The molecule has 0 radical (unpaired) electrons. The predicted octanol–water partition coefficient (Wildman–Crippen LogP) is 5.51. The Morgan fingerprint density at radius 2 is 1.74 bits per heavy atom. The van der Waals surface area contributed by atoms with Crippen molar-refractivity contribution < 1.29 is 9.53 Å². The summed E-state index contributed by atoms with van der Waals surface area (Å²) in [5.41, 5.74) is 1.57. The molecule has 0 aromatic heterocycles. The van der Waals surface area contributed by atoms with Crippen molar-refractivity contribution in [3.8, 4) is 5.75 Å². The zero-order valence-corrected chi connectivity index (χ0v) is 14.2. The molecule has 0 saturated heterocycles. The summed E-state index contributed by atoms with van der Waals surface area (Å²) in [6.45, 7) is 0. The molecule has 0 atom stereocenters. The molecule has 3 aromatic carbocycles. The Kier molecular flexibility index (Phi) is 4.58. The molecular formula is C20H15BrO2. The van der Waals surface area contributed by atoms with E-state index in [1.54, 1.807) is 25.3 Å². The van der Waals surface area contributed by atoms with Crippen molar-refractivity contribution >= 4 is 38.6 Å². The number of fused-ring (bicyclic) bond motifs is 1. The van der Waals surface area contributed by atoms with Gasteiger partial charge in [-0.15, -0.1) is 0 Å². The van der Waals surface area contributed by atoms with Crippen LogP contribution in [0.2, 0.25) is 0 Å². The van der Waals surface area contributed by atoms with Crippen molar-refractivity contribution in [3.63, 3.8) is 0 Å². The Morgan fingerprint density at radius 1 is 1.00 bits per heavy atom. The van der Waals surface area contributed by atoms with E-state index in [0.29, 0.717) is 5.56 Å². The molecule has 0 unspecified atom stereocenters. The summed E-state index contributed by atoms with van der Waals surface area (Å²) in [5, 5.41) is 2.18. The highest BCUT2D eigenvalue weighted by Crippen LogP contribution is 2.29. The molecule has 0 aliphatic heterocycles. The molecule has 0 fully saturated rings. The summed E-state index contributed by atoms with van der Waals surface area (Å²) in [6.07, 6.45) is 3.42. The Hall–Kier alpha value is -2.39. The number of hydrogen-bond donors (Lipinski definition) is 0. The second kappa shape index (κ2) is 6.80. The number of ketones is 1. The summed E-state index contributed by atoms with van der Waals surface area (Å²) in [7, 11) is 1.64. The zero-order chi connectivity index (χ0) is 16.2. The van der Waals surface area contributed by atoms with Gasteiger partial charge < -0.3 is 4.74 Å². The van der Waals surface area contributed by atoms with Crippen molar-refractivity contribution in [2.75, 3.05) is 7.11 Å². The van der Waals surface area contributed by atoms with Crippen LogP contribution in [0.5, 0.6) is 5.75 Å². The second-order valence-corrected chi connectivity index (χ2v) is 6.02. The van der Waals surface area contributed by atoms with Crippen LogP contribution in [-0.2, 0) is 0 Å². The summed E-state index contributed by atoms with van der Waals surface area (Å²) in [4.78, 5) is 12.3. The van der Waals surface area contributed by atoms with Crippen LogP contribution >= 0.6 is 15.9 Å². The first-order valence-electron chi connectivity index (χ1n) is 7.23. The standard InChI is InChI=1S/C20H15BrO2/c1-23-20-13-8-14-4-2-3-5-17(14)18(20)11-12-19(22)15-6-9-16(21)10-7-15/h2-13H,1H3. The molecule has 0 N–H and O–H groups in total. The molecule has 0 bridgehead atoms. The molecule has 0 aliphatic rings. The quantitative estimate of drug-likeness (QED) is 0.449. The lowest BCUT2D eigenvalue weighted by Gasteiger charge is -2.08. The molecule has 0 saturated carbocycles. The van der Waals surface area contributed by atoms with Crippen LogP contribution in [0, 0.1) is 0 Å². The fourth-order valence-corrected chi connectivity index (χ4v) is 2.76. The van der Waals surface area contributed by atoms with Gasteiger partial charge in [0.15, 0.2) is 5.78 Å². The van der Waals surface area contributed by atoms with Crippen molar-refractivity contribution in [1.29, 1.82) is 0 Å². The highest BCUT2D eigenvalue weighted by Gasteiger charge is 2.07. The van der Waals surface area contributed by atoms with Gasteiger partial charge in [-0.25, -0.2) is 0 Å². The maximum absolute atomic E-state index is 12.3. The highest BCUT2D eigenvalue weighted by atomic mass is 79.9. The minimum atomic E-state index is -0.0347. The molecule has 0 amide bonds. The topological polar surface area (TPSA) is 26.3 Å². The normalized spacial score (nSPS) is 11.0. The lowest BCUT2D eigenvalue weighted by molar-refractivity contribution is 0.104. The fraction of sp³-hybridized carbons (Fsp3) is 0.0500. The minimum absolute atomic E-state index is 0.0347. The van der Waals surface area contributed by atoms with Gasteiger partial charge in [-0.1, -0.05) is 46.3 Å². The van der Waals surface area contributed by atoms with Crippen molar-refractivity contribution in [2.45, 2.75) is 0 Å². The van der Waals surface area contributed by atoms with Crippen LogP contribution in [0.3, 0.4) is 0 Å². The Morgan fingerprint density at radius 3 is 2.48 bits per heavy atom. The first-order valence-corrected chi connectivity index (χ1v) is 8.02. The summed E-state index contributed by atoms with van der Waals surface area (Å²) in [6, 6.07) is 19.3. The number of carbonyl (C=O) groups excluding carboxylic acids is 1. The van der Waals surface area contributed by atoms with Gasteiger partial charge in [0.25, 0.3) is 0 Å². The van der Waals surface area contributed by atoms with E-state index in [1.807, 2.05) is 54.6 Å². The number of benzene rings is 3. The third kappa shape index (κ3) is 3.35. The monoisotopic (exact) mass is 366 g/mol. The van der Waals surface area contributed by atoms with Crippen LogP contribution < -0.4 is 4.74 Å². The first-order chi connectivity index (χ1) is 11.2. The van der Waals surface area contributed by atoms with E-state index in [4.69, 9.17) is 4.74 Å². The van der Waals surface area contributed by atoms with Gasteiger partial charge in [0.1, 0.15) is 5.75 Å². The van der Waals surface area contributed by atoms with Crippen LogP contribution in [0.4, 0.5) is 0 Å². The summed E-state index contributed by atoms with van der Waals surface area (Å²) < 4.78 is 6.39. The number of carbonyl (C=O) groups is 1.